The van der Waals surface area contributed by atoms with Crippen LogP contribution in [0.5, 0.6) is 0 Å². The first-order valence-corrected chi connectivity index (χ1v) is 6.17. The summed E-state index contributed by atoms with van der Waals surface area (Å²) in [7, 11) is 0. The monoisotopic (exact) mass is 244 g/mol. The second-order valence-corrected chi connectivity index (χ2v) is 5.37. The van der Waals surface area contributed by atoms with Crippen molar-refractivity contribution in [2.24, 2.45) is 5.73 Å². The van der Waals surface area contributed by atoms with E-state index in [9.17, 15) is 0 Å². The van der Waals surface area contributed by atoms with E-state index in [1.165, 1.54) is 0 Å². The molecular formula is C13H28N2O2. The lowest BCUT2D eigenvalue weighted by Gasteiger charge is -2.31. The highest BCUT2D eigenvalue weighted by molar-refractivity contribution is 4.80. The summed E-state index contributed by atoms with van der Waals surface area (Å²) in [6.07, 6.45) is 1.80. The second kappa shape index (κ2) is 7.82. The fourth-order valence-electron chi connectivity index (χ4n) is 1.67. The average molecular weight is 244 g/mol. The van der Waals surface area contributed by atoms with E-state index in [4.69, 9.17) is 15.6 Å². The van der Waals surface area contributed by atoms with Crippen molar-refractivity contribution in [3.05, 3.63) is 12.7 Å². The molecule has 4 nitrogen and oxygen atoms in total. The van der Waals surface area contributed by atoms with Crippen LogP contribution in [0.4, 0.5) is 0 Å². The molecule has 0 fully saturated rings. The predicted molar refractivity (Wildman–Crippen MR) is 72.0 cm³/mol. The maximum absolute atomic E-state index is 8.95. The summed E-state index contributed by atoms with van der Waals surface area (Å²) in [5, 5.41) is 8.95. The van der Waals surface area contributed by atoms with Gasteiger partial charge in [0.05, 0.1) is 18.3 Å². The van der Waals surface area contributed by atoms with Crippen LogP contribution >= 0.6 is 0 Å². The van der Waals surface area contributed by atoms with Crippen molar-refractivity contribution in [2.45, 2.75) is 45.4 Å². The Morgan fingerprint density at radius 1 is 1.47 bits per heavy atom. The smallest absolute Gasteiger partial charge is 0.0717 e. The van der Waals surface area contributed by atoms with E-state index in [1.807, 2.05) is 33.8 Å². The van der Waals surface area contributed by atoms with Gasteiger partial charge in [-0.3, -0.25) is 4.90 Å². The zero-order valence-electron chi connectivity index (χ0n) is 11.6. The lowest BCUT2D eigenvalue weighted by atomic mass is 10.1. The van der Waals surface area contributed by atoms with E-state index < -0.39 is 0 Å². The van der Waals surface area contributed by atoms with Gasteiger partial charge in [-0.05, 0) is 27.7 Å². The molecule has 0 aromatic rings. The third-order valence-electron chi connectivity index (χ3n) is 2.41. The molecule has 0 amide bonds. The summed E-state index contributed by atoms with van der Waals surface area (Å²) in [5.74, 6) is 0. The minimum Gasteiger partial charge on any atom is -0.395 e. The first-order chi connectivity index (χ1) is 7.80. The van der Waals surface area contributed by atoms with Crippen LogP contribution in [0.15, 0.2) is 12.7 Å². The molecule has 0 aliphatic heterocycles. The first-order valence-electron chi connectivity index (χ1n) is 6.17. The SMILES string of the molecule is C=CCN(CCO)C[C@@H](N)[C@@H](C)OC(C)(C)C. The zero-order chi connectivity index (χ0) is 13.5. The quantitative estimate of drug-likeness (QED) is 0.625. The average Bonchev–Trinajstić information content (AvgIpc) is 2.15. The molecule has 17 heavy (non-hydrogen) atoms. The minimum atomic E-state index is -0.183. The molecular weight excluding hydrogens is 216 g/mol. The lowest BCUT2D eigenvalue weighted by Crippen LogP contribution is -2.47. The van der Waals surface area contributed by atoms with Gasteiger partial charge < -0.3 is 15.6 Å². The Morgan fingerprint density at radius 3 is 2.47 bits per heavy atom. The molecule has 102 valence electrons. The molecule has 0 unspecified atom stereocenters. The van der Waals surface area contributed by atoms with Crippen molar-refractivity contribution in [1.82, 2.24) is 4.90 Å². The molecule has 3 N–H and O–H groups in total. The molecule has 0 aliphatic carbocycles. The summed E-state index contributed by atoms with van der Waals surface area (Å²) in [6, 6.07) is -0.0688. The third-order valence-corrected chi connectivity index (χ3v) is 2.41. The molecule has 0 aromatic heterocycles. The number of nitrogens with zero attached hydrogens (tertiary/aromatic N) is 1. The van der Waals surface area contributed by atoms with Gasteiger partial charge in [-0.15, -0.1) is 6.58 Å². The van der Waals surface area contributed by atoms with Gasteiger partial charge in [0, 0.05) is 25.7 Å². The van der Waals surface area contributed by atoms with Crippen LogP contribution in [-0.2, 0) is 4.74 Å². The van der Waals surface area contributed by atoms with Crippen LogP contribution < -0.4 is 5.73 Å². The maximum Gasteiger partial charge on any atom is 0.0717 e. The topological polar surface area (TPSA) is 58.7 Å². The van der Waals surface area contributed by atoms with Gasteiger partial charge in [-0.1, -0.05) is 6.08 Å². The summed E-state index contributed by atoms with van der Waals surface area (Å²) >= 11 is 0. The number of aliphatic hydroxyl groups is 1. The van der Waals surface area contributed by atoms with E-state index in [0.29, 0.717) is 13.1 Å². The highest BCUT2D eigenvalue weighted by Gasteiger charge is 2.21. The van der Waals surface area contributed by atoms with Crippen LogP contribution in [0.25, 0.3) is 0 Å². The fourth-order valence-corrected chi connectivity index (χ4v) is 1.67. The van der Waals surface area contributed by atoms with Gasteiger partial charge in [0.2, 0.25) is 0 Å². The zero-order valence-corrected chi connectivity index (χ0v) is 11.6. The molecule has 0 aromatic carbocycles. The molecule has 4 heteroatoms. The predicted octanol–water partition coefficient (Wildman–Crippen LogP) is 0.998. The van der Waals surface area contributed by atoms with Crippen molar-refractivity contribution in [2.75, 3.05) is 26.2 Å². The number of nitrogens with two attached hydrogens (primary N) is 1. The normalized spacial score (nSPS) is 15.9. The molecule has 0 bridgehead atoms. The Morgan fingerprint density at radius 2 is 2.06 bits per heavy atom. The molecule has 2 atom stereocenters. The number of rotatable bonds is 8. The van der Waals surface area contributed by atoms with E-state index >= 15 is 0 Å². The molecule has 0 aliphatic rings. The van der Waals surface area contributed by atoms with Gasteiger partial charge in [0.25, 0.3) is 0 Å². The Kier molecular flexibility index (Phi) is 7.63. The molecule has 0 saturated carbocycles. The minimum absolute atomic E-state index is 0.0130. The highest BCUT2D eigenvalue weighted by atomic mass is 16.5. The van der Waals surface area contributed by atoms with Gasteiger partial charge in [-0.25, -0.2) is 0 Å². The number of aliphatic hydroxyl groups excluding tert-OH is 1. The van der Waals surface area contributed by atoms with E-state index in [0.717, 1.165) is 6.54 Å². The van der Waals surface area contributed by atoms with Crippen molar-refractivity contribution in [3.63, 3.8) is 0 Å². The number of hydrogen-bond acceptors (Lipinski definition) is 4. The van der Waals surface area contributed by atoms with Crippen molar-refractivity contribution in [3.8, 4) is 0 Å². The highest BCUT2D eigenvalue weighted by Crippen LogP contribution is 2.12. The van der Waals surface area contributed by atoms with Crippen molar-refractivity contribution in [1.29, 1.82) is 0 Å². The van der Waals surface area contributed by atoms with Gasteiger partial charge in [0.15, 0.2) is 0 Å². The van der Waals surface area contributed by atoms with E-state index in [1.54, 1.807) is 0 Å². The van der Waals surface area contributed by atoms with E-state index in [-0.39, 0.29) is 24.4 Å². The van der Waals surface area contributed by atoms with Gasteiger partial charge in [0.1, 0.15) is 0 Å². The van der Waals surface area contributed by atoms with Gasteiger partial charge >= 0.3 is 0 Å². The Labute approximate surface area is 105 Å². The summed E-state index contributed by atoms with van der Waals surface area (Å²) < 4.78 is 5.82. The van der Waals surface area contributed by atoms with Crippen LogP contribution in [0.3, 0.4) is 0 Å². The molecule has 0 rings (SSSR count). The Bertz CT molecular complexity index is 214. The Balaban J connectivity index is 4.19. The molecule has 0 radical (unpaired) electrons. The van der Waals surface area contributed by atoms with Gasteiger partial charge in [-0.2, -0.15) is 0 Å². The molecule has 0 heterocycles. The largest absolute Gasteiger partial charge is 0.395 e. The molecule has 0 saturated heterocycles. The lowest BCUT2D eigenvalue weighted by molar-refractivity contribution is -0.0646. The van der Waals surface area contributed by atoms with Crippen LogP contribution in [0.2, 0.25) is 0 Å². The first kappa shape index (κ1) is 16.6. The summed E-state index contributed by atoms with van der Waals surface area (Å²) in [5.41, 5.74) is 5.92. The summed E-state index contributed by atoms with van der Waals surface area (Å²) in [4.78, 5) is 2.07. The third kappa shape index (κ3) is 8.32. The van der Waals surface area contributed by atoms with Crippen LogP contribution in [0, 0.1) is 0 Å². The maximum atomic E-state index is 8.95. The second-order valence-electron chi connectivity index (χ2n) is 5.37. The number of hydrogen-bond donors (Lipinski definition) is 2. The van der Waals surface area contributed by atoms with Crippen molar-refractivity contribution < 1.29 is 9.84 Å². The number of ether oxygens (including phenoxy) is 1. The fraction of sp³-hybridized carbons (Fsp3) is 0.846. The van der Waals surface area contributed by atoms with Crippen LogP contribution in [0.1, 0.15) is 27.7 Å². The summed E-state index contributed by atoms with van der Waals surface area (Å²) in [6.45, 7) is 13.9. The Hall–Kier alpha value is -0.420. The molecule has 0 spiro atoms. The van der Waals surface area contributed by atoms with Crippen LogP contribution in [-0.4, -0.2) is 54.0 Å². The van der Waals surface area contributed by atoms with Crippen molar-refractivity contribution >= 4 is 0 Å². The standard InChI is InChI=1S/C13H28N2O2/c1-6-7-15(8-9-16)10-12(14)11(2)17-13(3,4)5/h6,11-12,16H,1,7-10,14H2,2-5H3/t11-,12-/m1/s1. The van der Waals surface area contributed by atoms with E-state index in [2.05, 4.69) is 11.5 Å².